The third-order valence-corrected chi connectivity index (χ3v) is 4.53. The van der Waals surface area contributed by atoms with Crippen LogP contribution >= 0.6 is 0 Å². The van der Waals surface area contributed by atoms with E-state index in [2.05, 4.69) is 13.8 Å². The van der Waals surface area contributed by atoms with E-state index in [0.29, 0.717) is 0 Å². The first kappa shape index (κ1) is 22.2. The van der Waals surface area contributed by atoms with Gasteiger partial charge in [-0.1, -0.05) is 96.5 Å². The number of carboxylic acid groups (broad SMARTS) is 1. The average molecular weight is 325 g/mol. The zero-order chi connectivity index (χ0) is 17.2. The minimum atomic E-state index is -0.772. The second-order valence-electron chi connectivity index (χ2n) is 6.88. The Morgan fingerprint density at radius 3 is 1.35 bits per heavy atom. The summed E-state index contributed by atoms with van der Waals surface area (Å²) in [5.41, 5.74) is 1.15. The van der Waals surface area contributed by atoms with E-state index in [4.69, 9.17) is 5.11 Å². The Kier molecular flexibility index (Phi) is 17.0. The predicted molar refractivity (Wildman–Crippen MR) is 101 cm³/mol. The zero-order valence-corrected chi connectivity index (χ0v) is 15.7. The van der Waals surface area contributed by atoms with Crippen molar-refractivity contribution in [3.8, 4) is 0 Å². The van der Waals surface area contributed by atoms with Crippen LogP contribution in [0.2, 0.25) is 0 Å². The summed E-state index contributed by atoms with van der Waals surface area (Å²) in [7, 11) is 0. The molecule has 2 heteroatoms. The molecular formula is C21H40O2. The molecule has 0 rings (SSSR count). The first-order chi connectivity index (χ1) is 11.2. The number of allylic oxidation sites excluding steroid dienone is 1. The molecule has 0 aromatic carbocycles. The molecule has 0 radical (unpaired) electrons. The van der Waals surface area contributed by atoms with Crippen molar-refractivity contribution in [1.82, 2.24) is 0 Å². The highest BCUT2D eigenvalue weighted by molar-refractivity contribution is 5.80. The van der Waals surface area contributed by atoms with Crippen molar-refractivity contribution >= 4 is 5.97 Å². The zero-order valence-electron chi connectivity index (χ0n) is 15.7. The minimum Gasteiger partial charge on any atom is -0.478 e. The third kappa shape index (κ3) is 17.4. The van der Waals surface area contributed by atoms with E-state index in [1.54, 1.807) is 0 Å². The quantitative estimate of drug-likeness (QED) is 0.225. The van der Waals surface area contributed by atoms with Crippen LogP contribution < -0.4 is 0 Å². The van der Waals surface area contributed by atoms with Crippen LogP contribution in [0, 0.1) is 0 Å². The molecule has 0 aromatic heterocycles. The van der Waals surface area contributed by atoms with Crippen LogP contribution in [-0.2, 0) is 4.79 Å². The number of carboxylic acids is 1. The molecule has 2 nitrogen and oxygen atoms in total. The lowest BCUT2D eigenvalue weighted by atomic mass is 9.99. The van der Waals surface area contributed by atoms with Gasteiger partial charge < -0.3 is 5.11 Å². The van der Waals surface area contributed by atoms with Crippen molar-refractivity contribution in [3.63, 3.8) is 0 Å². The number of unbranched alkanes of at least 4 members (excludes halogenated alkanes) is 12. The third-order valence-electron chi connectivity index (χ3n) is 4.53. The lowest BCUT2D eigenvalue weighted by molar-refractivity contribution is -0.131. The molecule has 0 heterocycles. The standard InChI is InChI=1S/C21H40O2/c1-3-5-7-9-11-13-15-17-20(19-21(22)23)18-16-14-12-10-8-6-4-2/h19H,3-18H2,1-2H3,(H,22,23). The molecular weight excluding hydrogens is 284 g/mol. The molecule has 0 aliphatic rings. The van der Waals surface area contributed by atoms with Crippen molar-refractivity contribution in [2.45, 2.75) is 117 Å². The van der Waals surface area contributed by atoms with Gasteiger partial charge in [0.1, 0.15) is 0 Å². The molecule has 0 fully saturated rings. The molecule has 0 atom stereocenters. The summed E-state index contributed by atoms with van der Waals surface area (Å²) in [4.78, 5) is 10.9. The van der Waals surface area contributed by atoms with Crippen molar-refractivity contribution in [2.24, 2.45) is 0 Å². The second-order valence-corrected chi connectivity index (χ2v) is 6.88. The van der Waals surface area contributed by atoms with Crippen LogP contribution in [0.25, 0.3) is 0 Å². The fraction of sp³-hybridized carbons (Fsp3) is 0.857. The summed E-state index contributed by atoms with van der Waals surface area (Å²) in [5, 5.41) is 9.01. The van der Waals surface area contributed by atoms with E-state index in [0.717, 1.165) is 31.3 Å². The SMILES string of the molecule is CCCCCCCCCC(=CC(=O)O)CCCCCCCCC. The van der Waals surface area contributed by atoms with Gasteiger partial charge in [-0.05, 0) is 25.7 Å². The maximum absolute atomic E-state index is 10.9. The van der Waals surface area contributed by atoms with E-state index in [1.807, 2.05) is 0 Å². The monoisotopic (exact) mass is 324 g/mol. The maximum Gasteiger partial charge on any atom is 0.328 e. The van der Waals surface area contributed by atoms with Gasteiger partial charge >= 0.3 is 5.97 Å². The Morgan fingerprint density at radius 2 is 1.00 bits per heavy atom. The van der Waals surface area contributed by atoms with Crippen molar-refractivity contribution < 1.29 is 9.90 Å². The summed E-state index contributed by atoms with van der Waals surface area (Å²) in [6.45, 7) is 4.49. The normalized spacial score (nSPS) is 10.7. The summed E-state index contributed by atoms with van der Waals surface area (Å²) in [6, 6.07) is 0. The van der Waals surface area contributed by atoms with Crippen molar-refractivity contribution in [2.75, 3.05) is 0 Å². The van der Waals surface area contributed by atoms with Crippen LogP contribution in [-0.4, -0.2) is 11.1 Å². The molecule has 0 saturated carbocycles. The Balaban J connectivity index is 3.72. The second kappa shape index (κ2) is 17.6. The van der Waals surface area contributed by atoms with Gasteiger partial charge in [-0.3, -0.25) is 0 Å². The van der Waals surface area contributed by atoms with Gasteiger partial charge in [-0.25, -0.2) is 4.79 Å². The number of rotatable bonds is 17. The summed E-state index contributed by atoms with van der Waals surface area (Å²) in [6.07, 6.45) is 21.5. The van der Waals surface area contributed by atoms with Crippen LogP contribution in [0.4, 0.5) is 0 Å². The van der Waals surface area contributed by atoms with Crippen molar-refractivity contribution in [1.29, 1.82) is 0 Å². The average Bonchev–Trinajstić information content (AvgIpc) is 2.52. The molecule has 0 unspecified atom stereocenters. The van der Waals surface area contributed by atoms with Gasteiger partial charge in [0.25, 0.3) is 0 Å². The fourth-order valence-corrected chi connectivity index (χ4v) is 3.06. The molecule has 0 spiro atoms. The Morgan fingerprint density at radius 1 is 0.652 bits per heavy atom. The molecule has 0 aromatic rings. The summed E-state index contributed by atoms with van der Waals surface area (Å²) >= 11 is 0. The molecule has 136 valence electrons. The van der Waals surface area contributed by atoms with Crippen LogP contribution in [0.3, 0.4) is 0 Å². The minimum absolute atomic E-state index is 0.772. The Labute approximate surface area is 144 Å². The van der Waals surface area contributed by atoms with E-state index in [-0.39, 0.29) is 0 Å². The van der Waals surface area contributed by atoms with Crippen LogP contribution in [0.5, 0.6) is 0 Å². The molecule has 0 bridgehead atoms. The number of aliphatic carboxylic acids is 1. The van der Waals surface area contributed by atoms with Gasteiger partial charge in [0, 0.05) is 6.08 Å². The van der Waals surface area contributed by atoms with E-state index in [9.17, 15) is 4.79 Å². The van der Waals surface area contributed by atoms with E-state index >= 15 is 0 Å². The molecule has 0 saturated heterocycles. The van der Waals surface area contributed by atoms with Gasteiger partial charge in [-0.15, -0.1) is 0 Å². The van der Waals surface area contributed by atoms with Crippen molar-refractivity contribution in [3.05, 3.63) is 11.6 Å². The smallest absolute Gasteiger partial charge is 0.328 e. The summed E-state index contributed by atoms with van der Waals surface area (Å²) < 4.78 is 0. The highest BCUT2D eigenvalue weighted by atomic mass is 16.4. The number of carbonyl (C=O) groups is 1. The highest BCUT2D eigenvalue weighted by Gasteiger charge is 2.02. The lowest BCUT2D eigenvalue weighted by Gasteiger charge is -2.07. The molecule has 1 N–H and O–H groups in total. The van der Waals surface area contributed by atoms with Crippen LogP contribution in [0.1, 0.15) is 117 Å². The van der Waals surface area contributed by atoms with E-state index < -0.39 is 5.97 Å². The van der Waals surface area contributed by atoms with Gasteiger partial charge in [0.2, 0.25) is 0 Å². The maximum atomic E-state index is 10.9. The van der Waals surface area contributed by atoms with Gasteiger partial charge in [0.15, 0.2) is 0 Å². The van der Waals surface area contributed by atoms with Crippen LogP contribution in [0.15, 0.2) is 11.6 Å². The summed E-state index contributed by atoms with van der Waals surface area (Å²) in [5.74, 6) is -0.772. The Hall–Kier alpha value is -0.790. The first-order valence-electron chi connectivity index (χ1n) is 10.1. The Bertz CT molecular complexity index is 274. The largest absolute Gasteiger partial charge is 0.478 e. The molecule has 23 heavy (non-hydrogen) atoms. The van der Waals surface area contributed by atoms with Gasteiger partial charge in [-0.2, -0.15) is 0 Å². The van der Waals surface area contributed by atoms with E-state index in [1.165, 1.54) is 83.1 Å². The predicted octanol–water partition coefficient (Wildman–Crippen LogP) is 7.28. The molecule has 0 amide bonds. The van der Waals surface area contributed by atoms with Gasteiger partial charge in [0.05, 0.1) is 0 Å². The number of hydrogen-bond acceptors (Lipinski definition) is 1. The highest BCUT2D eigenvalue weighted by Crippen LogP contribution is 2.18. The lowest BCUT2D eigenvalue weighted by Crippen LogP contribution is -1.94. The topological polar surface area (TPSA) is 37.3 Å². The first-order valence-corrected chi connectivity index (χ1v) is 10.1. The fourth-order valence-electron chi connectivity index (χ4n) is 3.06. The molecule has 0 aliphatic heterocycles. The number of hydrogen-bond donors (Lipinski definition) is 1. The molecule has 0 aliphatic carbocycles.